The lowest BCUT2D eigenvalue weighted by atomic mass is 9.55. The highest BCUT2D eigenvalue weighted by atomic mass is 19.1. The third-order valence-electron chi connectivity index (χ3n) is 5.13. The molecule has 0 saturated heterocycles. The molecule has 1 aromatic carbocycles. The Morgan fingerprint density at radius 3 is 2.05 bits per heavy atom. The first kappa shape index (κ1) is 11.4. The maximum Gasteiger partial charge on any atom is 0.123 e. The molecule has 5 rings (SSSR count). The number of hydrogen-bond acceptors (Lipinski definition) is 2. The van der Waals surface area contributed by atoms with E-state index in [1.807, 2.05) is 0 Å². The lowest BCUT2D eigenvalue weighted by Gasteiger charge is -2.50. The topological polar surface area (TPSA) is 24.4 Å². The Kier molecular flexibility index (Phi) is 2.61. The first-order chi connectivity index (χ1) is 9.28. The van der Waals surface area contributed by atoms with Crippen LogP contribution in [0.25, 0.3) is 0 Å². The summed E-state index contributed by atoms with van der Waals surface area (Å²) in [5.41, 5.74) is 5.38. The number of hydrazone groups is 1. The monoisotopic (exact) mass is 258 g/mol. The summed E-state index contributed by atoms with van der Waals surface area (Å²) < 4.78 is 12.9. The average molecular weight is 258 g/mol. The number of hydrogen-bond donors (Lipinski definition) is 1. The molecule has 4 fully saturated rings. The van der Waals surface area contributed by atoms with Crippen LogP contribution in [0.15, 0.2) is 29.4 Å². The van der Waals surface area contributed by atoms with Crippen molar-refractivity contribution in [3.63, 3.8) is 0 Å². The van der Waals surface area contributed by atoms with Gasteiger partial charge in [0, 0.05) is 5.71 Å². The normalized spacial score (nSPS) is 35.5. The minimum Gasteiger partial charge on any atom is -0.279 e. The third-order valence-corrected chi connectivity index (χ3v) is 5.13. The molecule has 0 unspecified atom stereocenters. The average Bonchev–Trinajstić information content (AvgIpc) is 2.39. The van der Waals surface area contributed by atoms with Gasteiger partial charge in [-0.3, -0.25) is 5.43 Å². The van der Waals surface area contributed by atoms with Crippen molar-refractivity contribution in [3.05, 3.63) is 30.1 Å². The number of nitrogens with one attached hydrogen (secondary N) is 1. The van der Waals surface area contributed by atoms with E-state index in [4.69, 9.17) is 0 Å². The maximum atomic E-state index is 12.9. The van der Waals surface area contributed by atoms with Gasteiger partial charge in [-0.05, 0) is 80.0 Å². The summed E-state index contributed by atoms with van der Waals surface area (Å²) in [6, 6.07) is 6.43. The van der Waals surface area contributed by atoms with Crippen LogP contribution in [-0.4, -0.2) is 5.71 Å². The maximum absolute atomic E-state index is 12.9. The van der Waals surface area contributed by atoms with Gasteiger partial charge in [0.1, 0.15) is 5.82 Å². The number of anilines is 1. The predicted molar refractivity (Wildman–Crippen MR) is 74.5 cm³/mol. The van der Waals surface area contributed by atoms with Crippen LogP contribution in [0, 0.1) is 29.5 Å². The predicted octanol–water partition coefficient (Wildman–Crippen LogP) is 4.05. The fourth-order valence-corrected chi connectivity index (χ4v) is 4.50. The van der Waals surface area contributed by atoms with Crippen LogP contribution in [0.4, 0.5) is 10.1 Å². The minimum absolute atomic E-state index is 0.201. The van der Waals surface area contributed by atoms with E-state index in [1.165, 1.54) is 49.9 Å². The minimum atomic E-state index is -0.201. The highest BCUT2D eigenvalue weighted by Crippen LogP contribution is 2.52. The molecule has 0 heterocycles. The molecule has 19 heavy (non-hydrogen) atoms. The molecule has 0 atom stereocenters. The molecule has 4 bridgehead atoms. The third kappa shape index (κ3) is 2.05. The molecule has 0 spiro atoms. The van der Waals surface area contributed by atoms with Crippen LogP contribution in [0.1, 0.15) is 32.1 Å². The van der Waals surface area contributed by atoms with Gasteiger partial charge in [-0.25, -0.2) is 4.39 Å². The molecule has 4 aliphatic carbocycles. The molecule has 0 amide bonds. The number of rotatable bonds is 2. The van der Waals surface area contributed by atoms with E-state index in [9.17, 15) is 4.39 Å². The number of halogens is 1. The highest BCUT2D eigenvalue weighted by molar-refractivity contribution is 5.91. The zero-order valence-corrected chi connectivity index (χ0v) is 11.0. The fraction of sp³-hybridized carbons (Fsp3) is 0.562. The molecule has 0 aliphatic heterocycles. The van der Waals surface area contributed by atoms with Crippen molar-refractivity contribution in [2.45, 2.75) is 32.1 Å². The van der Waals surface area contributed by atoms with Crippen molar-refractivity contribution in [2.75, 3.05) is 5.43 Å². The van der Waals surface area contributed by atoms with E-state index in [1.54, 1.807) is 12.1 Å². The summed E-state index contributed by atoms with van der Waals surface area (Å²) in [6.45, 7) is 0. The molecule has 1 N–H and O–H groups in total. The van der Waals surface area contributed by atoms with Crippen molar-refractivity contribution in [1.82, 2.24) is 0 Å². The molecule has 1 aromatic rings. The van der Waals surface area contributed by atoms with Crippen molar-refractivity contribution in [2.24, 2.45) is 28.8 Å². The van der Waals surface area contributed by atoms with Gasteiger partial charge in [0.05, 0.1) is 5.69 Å². The van der Waals surface area contributed by atoms with Gasteiger partial charge in [-0.2, -0.15) is 5.10 Å². The lowest BCUT2D eigenvalue weighted by molar-refractivity contribution is 0.108. The Labute approximate surface area is 113 Å². The Morgan fingerprint density at radius 1 is 0.895 bits per heavy atom. The summed E-state index contributed by atoms with van der Waals surface area (Å²) in [7, 11) is 0. The van der Waals surface area contributed by atoms with Crippen LogP contribution in [-0.2, 0) is 0 Å². The Morgan fingerprint density at radius 2 is 1.47 bits per heavy atom. The second kappa shape index (κ2) is 4.32. The van der Waals surface area contributed by atoms with Gasteiger partial charge < -0.3 is 0 Å². The molecule has 4 aliphatic rings. The standard InChI is InChI=1S/C16H19FN2/c17-14-1-3-15(4-2-14)18-19-16-12-6-10-5-11(8-12)9-13(16)7-10/h1-4,10-13,18H,5-9H2. The van der Waals surface area contributed by atoms with E-state index in [0.29, 0.717) is 11.8 Å². The second-order valence-corrected chi connectivity index (χ2v) is 6.46. The Balaban J connectivity index is 1.52. The van der Waals surface area contributed by atoms with Crippen LogP contribution in [0.3, 0.4) is 0 Å². The quantitative estimate of drug-likeness (QED) is 0.795. The summed E-state index contributed by atoms with van der Waals surface area (Å²) in [6.07, 6.45) is 6.84. The summed E-state index contributed by atoms with van der Waals surface area (Å²) >= 11 is 0. The Bertz CT molecular complexity index is 476. The first-order valence-corrected chi connectivity index (χ1v) is 7.37. The van der Waals surface area contributed by atoms with Gasteiger partial charge in [-0.1, -0.05) is 0 Å². The summed E-state index contributed by atoms with van der Waals surface area (Å²) in [4.78, 5) is 0. The smallest absolute Gasteiger partial charge is 0.123 e. The van der Waals surface area contributed by atoms with Crippen LogP contribution in [0.5, 0.6) is 0 Å². The molecule has 0 radical (unpaired) electrons. The van der Waals surface area contributed by atoms with Gasteiger partial charge in [0.15, 0.2) is 0 Å². The number of nitrogens with zero attached hydrogens (tertiary/aromatic N) is 1. The summed E-state index contributed by atoms with van der Waals surface area (Å²) in [5, 5.41) is 4.67. The van der Waals surface area contributed by atoms with Crippen molar-refractivity contribution < 1.29 is 4.39 Å². The molecule has 2 nitrogen and oxygen atoms in total. The van der Waals surface area contributed by atoms with Gasteiger partial charge >= 0.3 is 0 Å². The van der Waals surface area contributed by atoms with E-state index in [2.05, 4.69) is 10.5 Å². The fourth-order valence-electron chi connectivity index (χ4n) is 4.50. The summed E-state index contributed by atoms with van der Waals surface area (Å²) in [5.74, 6) is 3.15. The molecule has 4 saturated carbocycles. The second-order valence-electron chi connectivity index (χ2n) is 6.46. The van der Waals surface area contributed by atoms with E-state index < -0.39 is 0 Å². The Hall–Kier alpha value is -1.38. The van der Waals surface area contributed by atoms with Crippen LogP contribution < -0.4 is 5.43 Å². The first-order valence-electron chi connectivity index (χ1n) is 7.37. The van der Waals surface area contributed by atoms with Crippen LogP contribution >= 0.6 is 0 Å². The molecular weight excluding hydrogens is 239 g/mol. The SMILES string of the molecule is Fc1ccc(NN=C2C3CC4CC(C3)CC2C4)cc1. The van der Waals surface area contributed by atoms with E-state index in [0.717, 1.165) is 17.5 Å². The van der Waals surface area contributed by atoms with Gasteiger partial charge in [-0.15, -0.1) is 0 Å². The zero-order chi connectivity index (χ0) is 12.8. The number of benzene rings is 1. The largest absolute Gasteiger partial charge is 0.279 e. The lowest BCUT2D eigenvalue weighted by Crippen LogP contribution is -2.45. The van der Waals surface area contributed by atoms with Crippen LogP contribution in [0.2, 0.25) is 0 Å². The van der Waals surface area contributed by atoms with E-state index in [-0.39, 0.29) is 5.82 Å². The molecule has 0 aromatic heterocycles. The van der Waals surface area contributed by atoms with E-state index >= 15 is 0 Å². The van der Waals surface area contributed by atoms with Crippen molar-refractivity contribution in [3.8, 4) is 0 Å². The molecule has 100 valence electrons. The highest BCUT2D eigenvalue weighted by Gasteiger charge is 2.46. The molecule has 3 heteroatoms. The van der Waals surface area contributed by atoms with Gasteiger partial charge in [0.2, 0.25) is 0 Å². The van der Waals surface area contributed by atoms with Crippen molar-refractivity contribution in [1.29, 1.82) is 0 Å². The van der Waals surface area contributed by atoms with Gasteiger partial charge in [0.25, 0.3) is 0 Å². The van der Waals surface area contributed by atoms with Crippen molar-refractivity contribution >= 4 is 11.4 Å². The zero-order valence-electron chi connectivity index (χ0n) is 11.0. The molecular formula is C16H19FN2.